The fourth-order valence-corrected chi connectivity index (χ4v) is 4.06. The molecular weight excluding hydrogens is 488 g/mol. The summed E-state index contributed by atoms with van der Waals surface area (Å²) in [6.45, 7) is 5.26. The second-order valence-electron chi connectivity index (χ2n) is 9.39. The standard InChI is InChI=1S/C28H30N4O6/c1-28(2,3)38-27(35)31(4)18-13-10-14-19(15-18)32-23(26(34)37-6)22(25(33)36-5)21(20(16-29)24(32)30)17-11-8-7-9-12-17/h7-15,21H,30H2,1-6H3. The lowest BCUT2D eigenvalue weighted by Crippen LogP contribution is -2.41. The summed E-state index contributed by atoms with van der Waals surface area (Å²) in [5.41, 5.74) is 6.82. The second-order valence-corrected chi connectivity index (χ2v) is 9.39. The number of allylic oxidation sites excluding steroid dienone is 1. The molecule has 0 bridgehead atoms. The van der Waals surface area contributed by atoms with Crippen molar-refractivity contribution in [1.82, 2.24) is 0 Å². The van der Waals surface area contributed by atoms with Gasteiger partial charge >= 0.3 is 18.0 Å². The smallest absolute Gasteiger partial charge is 0.414 e. The highest BCUT2D eigenvalue weighted by atomic mass is 16.6. The fraction of sp³-hybridized carbons (Fsp3) is 0.286. The summed E-state index contributed by atoms with van der Waals surface area (Å²) in [4.78, 5) is 41.6. The van der Waals surface area contributed by atoms with Crippen LogP contribution in [0.1, 0.15) is 32.3 Å². The van der Waals surface area contributed by atoms with Gasteiger partial charge in [0.15, 0.2) is 0 Å². The Hall–Kier alpha value is -4.78. The predicted molar refractivity (Wildman–Crippen MR) is 141 cm³/mol. The van der Waals surface area contributed by atoms with Gasteiger partial charge < -0.3 is 19.9 Å². The van der Waals surface area contributed by atoms with Gasteiger partial charge in [-0.3, -0.25) is 9.80 Å². The van der Waals surface area contributed by atoms with E-state index >= 15 is 0 Å². The van der Waals surface area contributed by atoms with Crippen molar-refractivity contribution in [2.24, 2.45) is 5.73 Å². The molecule has 198 valence electrons. The van der Waals surface area contributed by atoms with Crippen LogP contribution in [-0.4, -0.2) is 44.9 Å². The maximum Gasteiger partial charge on any atom is 0.414 e. The lowest BCUT2D eigenvalue weighted by molar-refractivity contribution is -0.139. The summed E-state index contributed by atoms with van der Waals surface area (Å²) in [6.07, 6.45) is -0.599. The van der Waals surface area contributed by atoms with Crippen LogP contribution >= 0.6 is 0 Å². The zero-order valence-corrected chi connectivity index (χ0v) is 22.1. The Kier molecular flexibility index (Phi) is 8.11. The largest absolute Gasteiger partial charge is 0.466 e. The number of nitrogens with zero attached hydrogens (tertiary/aromatic N) is 3. The van der Waals surface area contributed by atoms with Crippen molar-refractivity contribution in [2.75, 3.05) is 31.1 Å². The molecule has 0 aromatic heterocycles. The maximum absolute atomic E-state index is 13.2. The predicted octanol–water partition coefficient (Wildman–Crippen LogP) is 3.96. The number of anilines is 2. The Bertz CT molecular complexity index is 1350. The molecule has 1 aliphatic rings. The first-order valence-corrected chi connectivity index (χ1v) is 11.7. The van der Waals surface area contributed by atoms with Gasteiger partial charge in [-0.15, -0.1) is 0 Å². The van der Waals surface area contributed by atoms with E-state index in [-0.39, 0.29) is 22.7 Å². The van der Waals surface area contributed by atoms with E-state index in [9.17, 15) is 19.6 Å². The van der Waals surface area contributed by atoms with Gasteiger partial charge in [-0.05, 0) is 44.5 Å². The Balaban J connectivity index is 2.28. The third-order valence-corrected chi connectivity index (χ3v) is 5.75. The summed E-state index contributed by atoms with van der Waals surface area (Å²) in [6, 6.07) is 17.3. The number of carbonyl (C=O) groups is 3. The Morgan fingerprint density at radius 2 is 1.63 bits per heavy atom. The molecule has 10 nitrogen and oxygen atoms in total. The number of hydrogen-bond acceptors (Lipinski definition) is 9. The Morgan fingerprint density at radius 1 is 1.00 bits per heavy atom. The van der Waals surface area contributed by atoms with Crippen LogP contribution < -0.4 is 15.5 Å². The van der Waals surface area contributed by atoms with Gasteiger partial charge in [0.2, 0.25) is 0 Å². The zero-order chi connectivity index (χ0) is 28.2. The molecule has 3 rings (SSSR count). The Morgan fingerprint density at radius 3 is 2.18 bits per heavy atom. The quantitative estimate of drug-likeness (QED) is 0.461. The number of amides is 1. The summed E-state index contributed by atoms with van der Waals surface area (Å²) >= 11 is 0. The van der Waals surface area contributed by atoms with Crippen molar-refractivity contribution in [3.05, 3.63) is 82.8 Å². The molecule has 1 atom stereocenters. The molecular formula is C28H30N4O6. The number of rotatable bonds is 5. The van der Waals surface area contributed by atoms with E-state index in [4.69, 9.17) is 19.9 Å². The van der Waals surface area contributed by atoms with Crippen LogP contribution in [0, 0.1) is 11.3 Å². The van der Waals surface area contributed by atoms with Crippen molar-refractivity contribution in [1.29, 1.82) is 5.26 Å². The van der Waals surface area contributed by atoms with Crippen molar-refractivity contribution < 1.29 is 28.6 Å². The number of benzene rings is 2. The third kappa shape index (κ3) is 5.47. The summed E-state index contributed by atoms with van der Waals surface area (Å²) in [5.74, 6) is -2.75. The molecule has 2 aromatic rings. The van der Waals surface area contributed by atoms with Crippen LogP contribution in [0.2, 0.25) is 0 Å². The van der Waals surface area contributed by atoms with E-state index in [1.165, 1.54) is 31.1 Å². The second kappa shape index (κ2) is 11.1. The van der Waals surface area contributed by atoms with Gasteiger partial charge in [0.1, 0.15) is 17.1 Å². The normalized spacial score (nSPS) is 15.5. The topological polar surface area (TPSA) is 135 Å². The molecule has 0 aliphatic carbocycles. The number of nitrogens with two attached hydrogens (primary N) is 1. The lowest BCUT2D eigenvalue weighted by atomic mass is 9.81. The van der Waals surface area contributed by atoms with Gasteiger partial charge in [0, 0.05) is 18.4 Å². The van der Waals surface area contributed by atoms with Crippen LogP contribution in [0.3, 0.4) is 0 Å². The highest BCUT2D eigenvalue weighted by molar-refractivity contribution is 6.06. The summed E-state index contributed by atoms with van der Waals surface area (Å²) in [5, 5.41) is 10.2. The van der Waals surface area contributed by atoms with Gasteiger partial charge in [-0.1, -0.05) is 36.4 Å². The average Bonchev–Trinajstić information content (AvgIpc) is 2.90. The van der Waals surface area contributed by atoms with Gasteiger partial charge in [0.25, 0.3) is 0 Å². The number of hydrogen-bond donors (Lipinski definition) is 1. The van der Waals surface area contributed by atoms with Gasteiger partial charge in [0.05, 0.1) is 37.4 Å². The molecule has 0 spiro atoms. The first-order valence-electron chi connectivity index (χ1n) is 11.7. The molecule has 1 aliphatic heterocycles. The molecule has 1 unspecified atom stereocenters. The van der Waals surface area contributed by atoms with Crippen LogP contribution in [0.4, 0.5) is 16.2 Å². The van der Waals surface area contributed by atoms with Gasteiger partial charge in [-0.2, -0.15) is 5.26 Å². The van der Waals surface area contributed by atoms with E-state index in [2.05, 4.69) is 6.07 Å². The molecule has 0 fully saturated rings. The highest BCUT2D eigenvalue weighted by Crippen LogP contribution is 2.43. The van der Waals surface area contributed by atoms with E-state index in [1.54, 1.807) is 75.4 Å². The van der Waals surface area contributed by atoms with E-state index in [0.29, 0.717) is 16.9 Å². The SMILES string of the molecule is COC(=O)C1=C(C(=O)OC)N(c2cccc(N(C)C(=O)OC(C)(C)C)c2)C(N)=C(C#N)C1c1ccccc1. The average molecular weight is 519 g/mol. The molecule has 2 aromatic carbocycles. The van der Waals surface area contributed by atoms with Crippen LogP contribution in [0.15, 0.2) is 77.3 Å². The zero-order valence-electron chi connectivity index (χ0n) is 22.1. The first kappa shape index (κ1) is 27.8. The number of esters is 2. The minimum absolute atomic E-state index is 0.0372. The minimum Gasteiger partial charge on any atom is -0.466 e. The van der Waals surface area contributed by atoms with Crippen molar-refractivity contribution >= 4 is 29.4 Å². The van der Waals surface area contributed by atoms with Crippen LogP contribution in [0.25, 0.3) is 0 Å². The van der Waals surface area contributed by atoms with Crippen LogP contribution in [-0.2, 0) is 23.8 Å². The highest BCUT2D eigenvalue weighted by Gasteiger charge is 2.43. The molecule has 10 heteroatoms. The summed E-state index contributed by atoms with van der Waals surface area (Å²) in [7, 11) is 3.89. The fourth-order valence-electron chi connectivity index (χ4n) is 4.06. The molecule has 2 N–H and O–H groups in total. The van der Waals surface area contributed by atoms with E-state index < -0.39 is 29.6 Å². The number of nitriles is 1. The molecule has 38 heavy (non-hydrogen) atoms. The monoisotopic (exact) mass is 518 g/mol. The van der Waals surface area contributed by atoms with Crippen LogP contribution in [0.5, 0.6) is 0 Å². The molecule has 0 radical (unpaired) electrons. The molecule has 0 saturated heterocycles. The van der Waals surface area contributed by atoms with Crippen molar-refractivity contribution in [3.63, 3.8) is 0 Å². The summed E-state index contributed by atoms with van der Waals surface area (Å²) < 4.78 is 15.5. The lowest BCUT2D eigenvalue weighted by Gasteiger charge is -2.36. The number of ether oxygens (including phenoxy) is 3. The van der Waals surface area contributed by atoms with Crippen molar-refractivity contribution in [3.8, 4) is 6.07 Å². The number of methoxy groups -OCH3 is 2. The molecule has 0 saturated carbocycles. The third-order valence-electron chi connectivity index (χ3n) is 5.75. The van der Waals surface area contributed by atoms with E-state index in [1.807, 2.05) is 0 Å². The van der Waals surface area contributed by atoms with E-state index in [0.717, 1.165) is 0 Å². The number of carbonyl (C=O) groups excluding carboxylic acids is 3. The van der Waals surface area contributed by atoms with Gasteiger partial charge in [-0.25, -0.2) is 14.4 Å². The minimum atomic E-state index is -0.980. The maximum atomic E-state index is 13.2. The Labute approximate surface area is 221 Å². The van der Waals surface area contributed by atoms with Crippen molar-refractivity contribution in [2.45, 2.75) is 32.3 Å². The molecule has 1 amide bonds. The first-order chi connectivity index (χ1) is 17.9. The molecule has 1 heterocycles.